The van der Waals surface area contributed by atoms with E-state index in [9.17, 15) is 22.8 Å². The summed E-state index contributed by atoms with van der Waals surface area (Å²) in [5, 5.41) is 2.61. The Balaban J connectivity index is 1.89. The van der Waals surface area contributed by atoms with E-state index in [0.717, 1.165) is 12.1 Å². The zero-order valence-electron chi connectivity index (χ0n) is 13.3. The van der Waals surface area contributed by atoms with Gasteiger partial charge in [-0.3, -0.25) is 14.6 Å². The number of H-pyrrole nitrogens is 2. The summed E-state index contributed by atoms with van der Waals surface area (Å²) >= 11 is 4.85. The van der Waals surface area contributed by atoms with Gasteiger partial charge in [0.1, 0.15) is 0 Å². The van der Waals surface area contributed by atoms with Gasteiger partial charge in [-0.15, -0.1) is 0 Å². The number of carbonyl (C=O) groups is 1. The van der Waals surface area contributed by atoms with E-state index in [-0.39, 0.29) is 35.6 Å². The number of halogens is 3. The first-order chi connectivity index (χ1) is 11.7. The third kappa shape index (κ3) is 5.28. The van der Waals surface area contributed by atoms with Crippen molar-refractivity contribution in [3.05, 3.63) is 61.8 Å². The average molecular weight is 371 g/mol. The highest BCUT2D eigenvalue weighted by Crippen LogP contribution is 2.29. The second-order valence-corrected chi connectivity index (χ2v) is 5.89. The molecule has 1 heterocycles. The van der Waals surface area contributed by atoms with Gasteiger partial charge in [-0.25, -0.2) is 0 Å². The third-order valence-corrected chi connectivity index (χ3v) is 3.83. The van der Waals surface area contributed by atoms with E-state index in [1.165, 1.54) is 12.1 Å². The fourth-order valence-electron chi connectivity index (χ4n) is 2.27. The SMILES string of the molecule is Cc1[nH]c(=S)[nH]c(=O)c1CCC(=O)NCc1ccc(C(F)(F)F)cc1. The molecular weight excluding hydrogens is 355 g/mol. The normalized spacial score (nSPS) is 11.4. The lowest BCUT2D eigenvalue weighted by Crippen LogP contribution is -2.25. The quantitative estimate of drug-likeness (QED) is 0.707. The monoisotopic (exact) mass is 371 g/mol. The van der Waals surface area contributed by atoms with Crippen molar-refractivity contribution < 1.29 is 18.0 Å². The highest BCUT2D eigenvalue weighted by molar-refractivity contribution is 7.71. The van der Waals surface area contributed by atoms with Crippen molar-refractivity contribution in [1.82, 2.24) is 15.3 Å². The number of hydrogen-bond acceptors (Lipinski definition) is 3. The van der Waals surface area contributed by atoms with Crippen LogP contribution in [0.25, 0.3) is 0 Å². The number of carbonyl (C=O) groups excluding carboxylic acids is 1. The molecule has 0 spiro atoms. The fourth-order valence-corrected chi connectivity index (χ4v) is 2.51. The number of hydrogen-bond donors (Lipinski definition) is 3. The van der Waals surface area contributed by atoms with Crippen LogP contribution in [-0.4, -0.2) is 15.9 Å². The molecule has 2 aromatic rings. The van der Waals surface area contributed by atoms with Crippen LogP contribution in [-0.2, 0) is 23.9 Å². The van der Waals surface area contributed by atoms with Gasteiger partial charge in [-0.2, -0.15) is 13.2 Å². The van der Waals surface area contributed by atoms with Gasteiger partial charge in [0, 0.05) is 24.2 Å². The van der Waals surface area contributed by atoms with Crippen LogP contribution in [0.2, 0.25) is 0 Å². The first kappa shape index (κ1) is 18.9. The van der Waals surface area contributed by atoms with Gasteiger partial charge in [0.05, 0.1) is 5.56 Å². The number of benzene rings is 1. The Morgan fingerprint density at radius 2 is 1.84 bits per heavy atom. The van der Waals surface area contributed by atoms with Gasteiger partial charge < -0.3 is 10.3 Å². The molecule has 134 valence electrons. The summed E-state index contributed by atoms with van der Waals surface area (Å²) in [6, 6.07) is 4.57. The molecule has 0 fully saturated rings. The van der Waals surface area contributed by atoms with E-state index in [4.69, 9.17) is 12.2 Å². The fraction of sp³-hybridized carbons (Fsp3) is 0.312. The van der Waals surface area contributed by atoms with Gasteiger partial charge in [0.25, 0.3) is 5.56 Å². The lowest BCUT2D eigenvalue weighted by molar-refractivity contribution is -0.137. The molecule has 0 atom stereocenters. The molecule has 0 saturated carbocycles. The molecule has 0 aliphatic heterocycles. The molecule has 2 rings (SSSR count). The molecule has 0 unspecified atom stereocenters. The zero-order valence-corrected chi connectivity index (χ0v) is 14.1. The Labute approximate surface area is 146 Å². The Bertz CT molecular complexity index is 870. The van der Waals surface area contributed by atoms with Gasteiger partial charge >= 0.3 is 6.18 Å². The molecular formula is C16H16F3N3O2S. The first-order valence-corrected chi connectivity index (χ1v) is 7.82. The molecule has 0 aliphatic rings. The van der Waals surface area contributed by atoms with Crippen LogP contribution in [0.4, 0.5) is 13.2 Å². The number of amides is 1. The van der Waals surface area contributed by atoms with E-state index < -0.39 is 11.7 Å². The predicted molar refractivity (Wildman–Crippen MR) is 88.6 cm³/mol. The summed E-state index contributed by atoms with van der Waals surface area (Å²) in [5.74, 6) is -0.304. The van der Waals surface area contributed by atoms with Crippen LogP contribution in [0.3, 0.4) is 0 Å². The summed E-state index contributed by atoms with van der Waals surface area (Å²) in [4.78, 5) is 28.9. The van der Waals surface area contributed by atoms with E-state index in [2.05, 4.69) is 15.3 Å². The van der Waals surface area contributed by atoms with Gasteiger partial charge in [-0.1, -0.05) is 12.1 Å². The lowest BCUT2D eigenvalue weighted by atomic mass is 10.1. The van der Waals surface area contributed by atoms with Gasteiger partial charge in [0.2, 0.25) is 5.91 Å². The van der Waals surface area contributed by atoms with E-state index in [1.54, 1.807) is 6.92 Å². The second-order valence-electron chi connectivity index (χ2n) is 5.48. The molecule has 1 amide bonds. The molecule has 5 nitrogen and oxygen atoms in total. The predicted octanol–water partition coefficient (Wildman–Crippen LogP) is 3.01. The third-order valence-electron chi connectivity index (χ3n) is 3.63. The van der Waals surface area contributed by atoms with Gasteiger partial charge in [0.15, 0.2) is 4.77 Å². The lowest BCUT2D eigenvalue weighted by Gasteiger charge is -2.09. The maximum absolute atomic E-state index is 12.5. The van der Waals surface area contributed by atoms with Crippen LogP contribution in [0, 0.1) is 11.7 Å². The van der Waals surface area contributed by atoms with E-state index in [1.807, 2.05) is 0 Å². The van der Waals surface area contributed by atoms with Crippen molar-refractivity contribution >= 4 is 18.1 Å². The van der Waals surface area contributed by atoms with Crippen molar-refractivity contribution in [2.24, 2.45) is 0 Å². The average Bonchev–Trinajstić information content (AvgIpc) is 2.51. The second kappa shape index (κ2) is 7.64. The maximum Gasteiger partial charge on any atom is 0.416 e. The molecule has 0 radical (unpaired) electrons. The smallest absolute Gasteiger partial charge is 0.352 e. The number of alkyl halides is 3. The summed E-state index contributed by atoms with van der Waals surface area (Å²) in [7, 11) is 0. The van der Waals surface area contributed by atoms with Crippen LogP contribution in [0.1, 0.15) is 28.8 Å². The number of aryl methyl sites for hydroxylation is 1. The molecule has 1 aromatic heterocycles. The molecule has 0 bridgehead atoms. The largest absolute Gasteiger partial charge is 0.416 e. The van der Waals surface area contributed by atoms with E-state index in [0.29, 0.717) is 16.8 Å². The Kier molecular flexibility index (Phi) is 5.78. The molecule has 0 saturated heterocycles. The molecule has 9 heteroatoms. The topological polar surface area (TPSA) is 77.8 Å². The molecule has 1 aromatic carbocycles. The highest BCUT2D eigenvalue weighted by atomic mass is 32.1. The number of nitrogens with one attached hydrogen (secondary N) is 3. The van der Waals surface area contributed by atoms with Crippen LogP contribution >= 0.6 is 12.2 Å². The minimum Gasteiger partial charge on any atom is -0.352 e. The zero-order chi connectivity index (χ0) is 18.6. The Hall–Kier alpha value is -2.42. The van der Waals surface area contributed by atoms with Crippen molar-refractivity contribution in [1.29, 1.82) is 0 Å². The maximum atomic E-state index is 12.5. The highest BCUT2D eigenvalue weighted by Gasteiger charge is 2.29. The van der Waals surface area contributed by atoms with Crippen LogP contribution in [0.5, 0.6) is 0 Å². The summed E-state index contributed by atoms with van der Waals surface area (Å²) < 4.78 is 37.7. The van der Waals surface area contributed by atoms with Crippen molar-refractivity contribution in [2.45, 2.75) is 32.5 Å². The Morgan fingerprint density at radius 1 is 1.20 bits per heavy atom. The number of aromatic nitrogens is 2. The molecule has 0 aliphatic carbocycles. The van der Waals surface area contributed by atoms with E-state index >= 15 is 0 Å². The number of aromatic amines is 2. The minimum atomic E-state index is -4.38. The van der Waals surface area contributed by atoms with Gasteiger partial charge in [-0.05, 0) is 43.3 Å². The molecule has 25 heavy (non-hydrogen) atoms. The summed E-state index contributed by atoms with van der Waals surface area (Å²) in [6.45, 7) is 1.81. The minimum absolute atomic E-state index is 0.0785. The van der Waals surface area contributed by atoms with Crippen molar-refractivity contribution in [3.8, 4) is 0 Å². The molecule has 3 N–H and O–H groups in total. The first-order valence-electron chi connectivity index (χ1n) is 7.41. The van der Waals surface area contributed by atoms with Crippen LogP contribution < -0.4 is 10.9 Å². The standard InChI is InChI=1S/C16H16F3N3O2S/c1-9-12(14(24)22-15(25)21-9)6-7-13(23)20-8-10-2-4-11(5-3-10)16(17,18)19/h2-5H,6-8H2,1H3,(H,20,23)(H2,21,22,24,25). The number of rotatable bonds is 5. The Morgan fingerprint density at radius 3 is 2.40 bits per heavy atom. The van der Waals surface area contributed by atoms with Crippen molar-refractivity contribution in [2.75, 3.05) is 0 Å². The van der Waals surface area contributed by atoms with Crippen molar-refractivity contribution in [3.63, 3.8) is 0 Å². The van der Waals surface area contributed by atoms with Crippen LogP contribution in [0.15, 0.2) is 29.1 Å². The summed E-state index contributed by atoms with van der Waals surface area (Å²) in [6.07, 6.45) is -4.08. The summed E-state index contributed by atoms with van der Waals surface area (Å²) in [5.41, 5.74) is 0.525.